The number of nitrogens with one attached hydrogen (secondary N) is 1. The molecule has 0 atom stereocenters. The standard InChI is InChI=1S/C14H9Cl2FN2S/c1-7-4-10(16)12(6-9(7)15)19-14-18-11-3-2-8(17)5-13(11)20-14/h2-6H,1H3,(H,18,19). The third kappa shape index (κ3) is 2.59. The molecule has 20 heavy (non-hydrogen) atoms. The van der Waals surface area contributed by atoms with E-state index in [1.165, 1.54) is 23.5 Å². The Kier molecular flexibility index (Phi) is 3.54. The molecule has 0 aliphatic rings. The maximum absolute atomic E-state index is 13.2. The van der Waals surface area contributed by atoms with Crippen LogP contribution in [0.3, 0.4) is 0 Å². The number of halogens is 3. The molecule has 0 spiro atoms. The van der Waals surface area contributed by atoms with Crippen molar-refractivity contribution >= 4 is 55.6 Å². The van der Waals surface area contributed by atoms with E-state index >= 15 is 0 Å². The van der Waals surface area contributed by atoms with Gasteiger partial charge in [-0.3, -0.25) is 0 Å². The summed E-state index contributed by atoms with van der Waals surface area (Å²) in [5.41, 5.74) is 2.34. The predicted octanol–water partition coefficient (Wildman–Crippen LogP) is 5.79. The molecule has 0 saturated heterocycles. The molecule has 0 unspecified atom stereocenters. The maximum Gasteiger partial charge on any atom is 0.188 e. The number of rotatable bonds is 2. The first-order valence-corrected chi connectivity index (χ1v) is 7.39. The van der Waals surface area contributed by atoms with Gasteiger partial charge in [0, 0.05) is 5.02 Å². The highest BCUT2D eigenvalue weighted by molar-refractivity contribution is 7.22. The van der Waals surface area contributed by atoms with Crippen LogP contribution in [0.4, 0.5) is 15.2 Å². The first-order chi connectivity index (χ1) is 9.52. The molecule has 1 N–H and O–H groups in total. The van der Waals surface area contributed by atoms with Gasteiger partial charge in [-0.1, -0.05) is 34.5 Å². The number of anilines is 2. The average Bonchev–Trinajstić information content (AvgIpc) is 2.77. The number of aryl methyl sites for hydroxylation is 1. The predicted molar refractivity (Wildman–Crippen MR) is 84.1 cm³/mol. The van der Waals surface area contributed by atoms with Crippen LogP contribution in [0.5, 0.6) is 0 Å². The van der Waals surface area contributed by atoms with Crippen LogP contribution < -0.4 is 5.32 Å². The van der Waals surface area contributed by atoms with Gasteiger partial charge in [0.05, 0.1) is 20.9 Å². The Morgan fingerprint density at radius 2 is 1.95 bits per heavy atom. The minimum Gasteiger partial charge on any atom is -0.330 e. The molecule has 3 aromatic rings. The molecule has 3 rings (SSSR count). The lowest BCUT2D eigenvalue weighted by molar-refractivity contribution is 0.630. The lowest BCUT2D eigenvalue weighted by Gasteiger charge is -2.07. The number of benzene rings is 2. The van der Waals surface area contributed by atoms with Gasteiger partial charge in [-0.15, -0.1) is 0 Å². The molecule has 2 aromatic carbocycles. The summed E-state index contributed by atoms with van der Waals surface area (Å²) in [5.74, 6) is -0.274. The second-order valence-electron chi connectivity index (χ2n) is 4.34. The fourth-order valence-electron chi connectivity index (χ4n) is 1.81. The lowest BCUT2D eigenvalue weighted by atomic mass is 10.2. The van der Waals surface area contributed by atoms with Crippen molar-refractivity contribution in [2.45, 2.75) is 6.92 Å². The molecule has 6 heteroatoms. The Morgan fingerprint density at radius 3 is 2.75 bits per heavy atom. The Labute approximate surface area is 129 Å². The van der Waals surface area contributed by atoms with Crippen molar-refractivity contribution < 1.29 is 4.39 Å². The van der Waals surface area contributed by atoms with E-state index in [-0.39, 0.29) is 5.82 Å². The van der Waals surface area contributed by atoms with Crippen LogP contribution in [0.1, 0.15) is 5.56 Å². The lowest BCUT2D eigenvalue weighted by Crippen LogP contribution is -1.91. The smallest absolute Gasteiger partial charge is 0.188 e. The Morgan fingerprint density at radius 1 is 1.15 bits per heavy atom. The number of fused-ring (bicyclic) bond motifs is 1. The largest absolute Gasteiger partial charge is 0.330 e. The number of aromatic nitrogens is 1. The highest BCUT2D eigenvalue weighted by atomic mass is 35.5. The van der Waals surface area contributed by atoms with E-state index < -0.39 is 0 Å². The van der Waals surface area contributed by atoms with E-state index in [0.717, 1.165) is 15.8 Å². The molecule has 1 aromatic heterocycles. The van der Waals surface area contributed by atoms with Gasteiger partial charge < -0.3 is 5.32 Å². The quantitative estimate of drug-likeness (QED) is 0.644. The average molecular weight is 327 g/mol. The van der Waals surface area contributed by atoms with Crippen LogP contribution in [0, 0.1) is 12.7 Å². The Balaban J connectivity index is 1.99. The zero-order chi connectivity index (χ0) is 14.3. The molecular formula is C14H9Cl2FN2S. The van der Waals surface area contributed by atoms with Gasteiger partial charge in [0.1, 0.15) is 5.82 Å². The Bertz CT molecular complexity index is 801. The van der Waals surface area contributed by atoms with Crippen LogP contribution in [-0.4, -0.2) is 4.98 Å². The van der Waals surface area contributed by atoms with E-state index in [1.54, 1.807) is 18.2 Å². The number of hydrogen-bond acceptors (Lipinski definition) is 3. The summed E-state index contributed by atoms with van der Waals surface area (Å²) in [6.45, 7) is 1.89. The van der Waals surface area contributed by atoms with Gasteiger partial charge >= 0.3 is 0 Å². The summed E-state index contributed by atoms with van der Waals surface area (Å²) >= 11 is 13.6. The summed E-state index contributed by atoms with van der Waals surface area (Å²) in [6, 6.07) is 8.05. The minimum absolute atomic E-state index is 0.274. The van der Waals surface area contributed by atoms with E-state index in [4.69, 9.17) is 23.2 Å². The summed E-state index contributed by atoms with van der Waals surface area (Å²) in [7, 11) is 0. The first kappa shape index (κ1) is 13.6. The van der Waals surface area contributed by atoms with Gasteiger partial charge in [-0.25, -0.2) is 9.37 Å². The first-order valence-electron chi connectivity index (χ1n) is 5.82. The fourth-order valence-corrected chi connectivity index (χ4v) is 3.14. The SMILES string of the molecule is Cc1cc(Cl)c(Nc2nc3ccc(F)cc3s2)cc1Cl. The summed E-state index contributed by atoms with van der Waals surface area (Å²) < 4.78 is 13.9. The van der Waals surface area contributed by atoms with Crippen molar-refractivity contribution in [3.05, 3.63) is 51.8 Å². The fraction of sp³-hybridized carbons (Fsp3) is 0.0714. The number of thiazole rings is 1. The van der Waals surface area contributed by atoms with Gasteiger partial charge in [-0.05, 0) is 42.8 Å². The van der Waals surface area contributed by atoms with Gasteiger partial charge in [0.2, 0.25) is 0 Å². The van der Waals surface area contributed by atoms with Gasteiger partial charge in [0.15, 0.2) is 5.13 Å². The number of hydrogen-bond donors (Lipinski definition) is 1. The molecular weight excluding hydrogens is 318 g/mol. The molecule has 0 fully saturated rings. The van der Waals surface area contributed by atoms with Crippen molar-refractivity contribution in [2.75, 3.05) is 5.32 Å². The van der Waals surface area contributed by atoms with Crippen molar-refractivity contribution in [1.82, 2.24) is 4.98 Å². The second-order valence-corrected chi connectivity index (χ2v) is 6.18. The molecule has 0 bridgehead atoms. The molecule has 0 amide bonds. The summed E-state index contributed by atoms with van der Waals surface area (Å²) in [5, 5.41) is 4.96. The second kappa shape index (κ2) is 5.20. The number of nitrogens with zero attached hydrogens (tertiary/aromatic N) is 1. The normalized spacial score (nSPS) is 11.0. The van der Waals surface area contributed by atoms with Crippen LogP contribution in [0.15, 0.2) is 30.3 Å². The van der Waals surface area contributed by atoms with Gasteiger partial charge in [0.25, 0.3) is 0 Å². The van der Waals surface area contributed by atoms with E-state index in [1.807, 2.05) is 6.92 Å². The van der Waals surface area contributed by atoms with E-state index in [9.17, 15) is 4.39 Å². The van der Waals surface area contributed by atoms with Crippen LogP contribution in [0.2, 0.25) is 10.0 Å². The molecule has 2 nitrogen and oxygen atoms in total. The van der Waals surface area contributed by atoms with Crippen molar-refractivity contribution in [3.63, 3.8) is 0 Å². The van der Waals surface area contributed by atoms with E-state index in [2.05, 4.69) is 10.3 Å². The minimum atomic E-state index is -0.274. The van der Waals surface area contributed by atoms with Crippen LogP contribution in [-0.2, 0) is 0 Å². The topological polar surface area (TPSA) is 24.9 Å². The molecule has 0 saturated carbocycles. The third-order valence-corrected chi connectivity index (χ3v) is 4.49. The van der Waals surface area contributed by atoms with E-state index in [0.29, 0.717) is 20.9 Å². The molecule has 0 aliphatic carbocycles. The molecule has 0 radical (unpaired) electrons. The highest BCUT2D eigenvalue weighted by Gasteiger charge is 2.09. The zero-order valence-corrected chi connectivity index (χ0v) is 12.7. The third-order valence-electron chi connectivity index (χ3n) is 2.84. The zero-order valence-electron chi connectivity index (χ0n) is 10.4. The van der Waals surface area contributed by atoms with Crippen LogP contribution >= 0.6 is 34.5 Å². The Hall–Kier alpha value is -1.36. The van der Waals surface area contributed by atoms with Crippen molar-refractivity contribution in [3.8, 4) is 0 Å². The van der Waals surface area contributed by atoms with Crippen molar-refractivity contribution in [1.29, 1.82) is 0 Å². The molecule has 102 valence electrons. The highest BCUT2D eigenvalue weighted by Crippen LogP contribution is 2.34. The monoisotopic (exact) mass is 326 g/mol. The molecule has 0 aliphatic heterocycles. The maximum atomic E-state index is 13.2. The summed E-state index contributed by atoms with van der Waals surface area (Å²) in [6.07, 6.45) is 0. The van der Waals surface area contributed by atoms with Gasteiger partial charge in [-0.2, -0.15) is 0 Å². The van der Waals surface area contributed by atoms with Crippen molar-refractivity contribution in [2.24, 2.45) is 0 Å². The molecule has 1 heterocycles. The van der Waals surface area contributed by atoms with Crippen LogP contribution in [0.25, 0.3) is 10.2 Å². The summed E-state index contributed by atoms with van der Waals surface area (Å²) in [4.78, 5) is 4.38.